The fourth-order valence-corrected chi connectivity index (χ4v) is 2.52. The normalized spacial score (nSPS) is 22.3. The van der Waals surface area contributed by atoms with Gasteiger partial charge in [-0.05, 0) is 31.0 Å². The standard InChI is InChI=1S/C14H17ClFN3O3/c1-7(13(20)19-14(17)21)18-11-4-5-22-12(11)8-2-3-9(15)10(16)6-8/h2-3,6-7,11-12,18H,4-5H2,1H3,(H3,17,19,20,21)/t7?,11-,12+/m1/s1. The molecule has 1 fully saturated rings. The minimum atomic E-state index is -0.905. The third kappa shape index (κ3) is 3.94. The molecule has 0 saturated carbocycles. The van der Waals surface area contributed by atoms with E-state index in [4.69, 9.17) is 22.1 Å². The summed E-state index contributed by atoms with van der Waals surface area (Å²) in [6, 6.07) is 2.74. The molecule has 3 amide bonds. The molecule has 1 saturated heterocycles. The van der Waals surface area contributed by atoms with Crippen LogP contribution in [0.1, 0.15) is 25.0 Å². The Morgan fingerprint density at radius 3 is 2.86 bits per heavy atom. The van der Waals surface area contributed by atoms with Crippen molar-refractivity contribution in [2.75, 3.05) is 6.61 Å². The lowest BCUT2D eigenvalue weighted by molar-refractivity contribution is -0.121. The van der Waals surface area contributed by atoms with Crippen LogP contribution in [0.2, 0.25) is 5.02 Å². The average Bonchev–Trinajstić information content (AvgIpc) is 2.89. The third-order valence-corrected chi connectivity index (χ3v) is 3.77. The molecule has 0 aliphatic carbocycles. The topological polar surface area (TPSA) is 93.4 Å². The minimum absolute atomic E-state index is 0.0421. The number of hydrogen-bond acceptors (Lipinski definition) is 4. The summed E-state index contributed by atoms with van der Waals surface area (Å²) in [5.41, 5.74) is 5.55. The quantitative estimate of drug-likeness (QED) is 0.780. The molecule has 3 atom stereocenters. The zero-order valence-corrected chi connectivity index (χ0v) is 12.7. The van der Waals surface area contributed by atoms with Crippen molar-refractivity contribution in [2.45, 2.75) is 31.5 Å². The molecule has 0 bridgehead atoms. The first-order valence-electron chi connectivity index (χ1n) is 6.81. The van der Waals surface area contributed by atoms with Gasteiger partial charge in [-0.1, -0.05) is 17.7 Å². The molecule has 8 heteroatoms. The molecular formula is C14H17ClFN3O3. The van der Waals surface area contributed by atoms with Crippen molar-refractivity contribution in [3.63, 3.8) is 0 Å². The van der Waals surface area contributed by atoms with E-state index in [1.807, 2.05) is 5.32 Å². The van der Waals surface area contributed by atoms with Gasteiger partial charge in [-0.25, -0.2) is 9.18 Å². The lowest BCUT2D eigenvalue weighted by Gasteiger charge is -2.23. The second kappa shape index (κ2) is 7.04. The van der Waals surface area contributed by atoms with Crippen molar-refractivity contribution < 1.29 is 18.7 Å². The second-order valence-corrected chi connectivity index (χ2v) is 5.51. The first kappa shape index (κ1) is 16.7. The highest BCUT2D eigenvalue weighted by molar-refractivity contribution is 6.30. The summed E-state index contributed by atoms with van der Waals surface area (Å²) in [6.07, 6.45) is 0.263. The first-order valence-corrected chi connectivity index (χ1v) is 7.19. The molecule has 1 unspecified atom stereocenters. The first-order chi connectivity index (χ1) is 10.4. The van der Waals surface area contributed by atoms with Crippen LogP contribution in [0.15, 0.2) is 18.2 Å². The summed E-state index contributed by atoms with van der Waals surface area (Å²) >= 11 is 5.67. The Hall–Kier alpha value is -1.70. The van der Waals surface area contributed by atoms with Crippen molar-refractivity contribution in [1.82, 2.24) is 10.6 Å². The van der Waals surface area contributed by atoms with E-state index in [9.17, 15) is 14.0 Å². The molecule has 6 nitrogen and oxygen atoms in total. The van der Waals surface area contributed by atoms with E-state index in [-0.39, 0.29) is 11.1 Å². The number of carbonyl (C=O) groups is 2. The zero-order valence-electron chi connectivity index (χ0n) is 11.9. The SMILES string of the molecule is CC(N[C@@H]1CCO[C@H]1c1ccc(Cl)c(F)c1)C(=O)NC(N)=O. The Kier molecular flexibility index (Phi) is 5.33. The lowest BCUT2D eigenvalue weighted by atomic mass is 10.0. The van der Waals surface area contributed by atoms with Crippen LogP contribution in [0.4, 0.5) is 9.18 Å². The predicted molar refractivity (Wildman–Crippen MR) is 78.8 cm³/mol. The molecule has 1 aliphatic heterocycles. The maximum atomic E-state index is 13.6. The third-order valence-electron chi connectivity index (χ3n) is 3.47. The maximum Gasteiger partial charge on any atom is 0.318 e. The fourth-order valence-electron chi connectivity index (χ4n) is 2.40. The lowest BCUT2D eigenvalue weighted by Crippen LogP contribution is -2.50. The van der Waals surface area contributed by atoms with E-state index in [1.165, 1.54) is 12.1 Å². The Morgan fingerprint density at radius 1 is 1.50 bits per heavy atom. The number of benzene rings is 1. The van der Waals surface area contributed by atoms with Crippen LogP contribution in [0, 0.1) is 5.82 Å². The highest BCUT2D eigenvalue weighted by Crippen LogP contribution is 2.31. The van der Waals surface area contributed by atoms with Crippen LogP contribution in [0.5, 0.6) is 0 Å². The molecule has 120 valence electrons. The number of carbonyl (C=O) groups excluding carboxylic acids is 2. The second-order valence-electron chi connectivity index (χ2n) is 5.10. The number of amides is 3. The van der Waals surface area contributed by atoms with Gasteiger partial charge in [0.05, 0.1) is 17.2 Å². The van der Waals surface area contributed by atoms with Gasteiger partial charge in [0.25, 0.3) is 0 Å². The van der Waals surface area contributed by atoms with Gasteiger partial charge < -0.3 is 15.8 Å². The van der Waals surface area contributed by atoms with E-state index < -0.39 is 29.9 Å². The van der Waals surface area contributed by atoms with E-state index >= 15 is 0 Å². The molecule has 22 heavy (non-hydrogen) atoms. The van der Waals surface area contributed by atoms with Gasteiger partial charge in [-0.3, -0.25) is 10.1 Å². The van der Waals surface area contributed by atoms with Crippen molar-refractivity contribution in [2.24, 2.45) is 5.73 Å². The predicted octanol–water partition coefficient (Wildman–Crippen LogP) is 1.48. The smallest absolute Gasteiger partial charge is 0.318 e. The number of nitrogens with two attached hydrogens (primary N) is 1. The van der Waals surface area contributed by atoms with Gasteiger partial charge in [-0.15, -0.1) is 0 Å². The van der Waals surface area contributed by atoms with Crippen LogP contribution in [-0.2, 0) is 9.53 Å². The van der Waals surface area contributed by atoms with E-state index in [2.05, 4.69) is 5.32 Å². The number of urea groups is 1. The molecule has 0 aromatic heterocycles. The monoisotopic (exact) mass is 329 g/mol. The summed E-state index contributed by atoms with van der Waals surface area (Å²) in [4.78, 5) is 22.4. The minimum Gasteiger partial charge on any atom is -0.372 e. The van der Waals surface area contributed by atoms with E-state index in [0.29, 0.717) is 18.6 Å². The number of primary amides is 1. The van der Waals surface area contributed by atoms with Crippen molar-refractivity contribution in [1.29, 1.82) is 0 Å². The van der Waals surface area contributed by atoms with Crippen molar-refractivity contribution in [3.8, 4) is 0 Å². The van der Waals surface area contributed by atoms with Gasteiger partial charge >= 0.3 is 6.03 Å². The molecule has 1 aromatic carbocycles. The van der Waals surface area contributed by atoms with Gasteiger partial charge in [0.15, 0.2) is 0 Å². The largest absolute Gasteiger partial charge is 0.372 e. The zero-order chi connectivity index (χ0) is 16.3. The molecule has 1 aromatic rings. The fraction of sp³-hybridized carbons (Fsp3) is 0.429. The number of nitrogens with one attached hydrogen (secondary N) is 2. The molecule has 0 radical (unpaired) electrons. The molecular weight excluding hydrogens is 313 g/mol. The summed E-state index contributed by atoms with van der Waals surface area (Å²) in [7, 11) is 0. The highest BCUT2D eigenvalue weighted by Gasteiger charge is 2.32. The van der Waals surface area contributed by atoms with Crippen LogP contribution in [-0.4, -0.2) is 30.6 Å². The van der Waals surface area contributed by atoms with E-state index in [0.717, 1.165) is 0 Å². The average molecular weight is 330 g/mol. The van der Waals surface area contributed by atoms with Gasteiger partial charge in [0.1, 0.15) is 5.82 Å². The Bertz CT molecular complexity index is 584. The van der Waals surface area contributed by atoms with Crippen molar-refractivity contribution >= 4 is 23.5 Å². The number of hydrogen-bond donors (Lipinski definition) is 3. The molecule has 1 heterocycles. The molecule has 2 rings (SSSR count). The van der Waals surface area contributed by atoms with Gasteiger partial charge in [0, 0.05) is 12.6 Å². The van der Waals surface area contributed by atoms with Crippen LogP contribution in [0.3, 0.4) is 0 Å². The summed E-state index contributed by atoms with van der Waals surface area (Å²) in [6.45, 7) is 2.09. The van der Waals surface area contributed by atoms with Crippen LogP contribution < -0.4 is 16.4 Å². The number of halogens is 2. The van der Waals surface area contributed by atoms with E-state index in [1.54, 1.807) is 13.0 Å². The number of ether oxygens (including phenoxy) is 1. The Labute approximate surface area is 132 Å². The molecule has 0 spiro atoms. The molecule has 1 aliphatic rings. The summed E-state index contributed by atoms with van der Waals surface area (Å²) < 4.78 is 19.2. The van der Waals surface area contributed by atoms with Gasteiger partial charge in [-0.2, -0.15) is 0 Å². The summed E-state index contributed by atoms with van der Waals surface area (Å²) in [5.74, 6) is -1.05. The number of imide groups is 1. The summed E-state index contributed by atoms with van der Waals surface area (Å²) in [5, 5.41) is 5.12. The highest BCUT2D eigenvalue weighted by atomic mass is 35.5. The number of rotatable bonds is 4. The Balaban J connectivity index is 2.05. The van der Waals surface area contributed by atoms with Crippen molar-refractivity contribution in [3.05, 3.63) is 34.6 Å². The van der Waals surface area contributed by atoms with Crippen LogP contribution in [0.25, 0.3) is 0 Å². The molecule has 4 N–H and O–H groups in total. The van der Waals surface area contributed by atoms with Gasteiger partial charge in [0.2, 0.25) is 5.91 Å². The Morgan fingerprint density at radius 2 is 2.23 bits per heavy atom. The maximum absolute atomic E-state index is 13.6. The van der Waals surface area contributed by atoms with Crippen LogP contribution >= 0.6 is 11.6 Å².